The lowest BCUT2D eigenvalue weighted by atomic mass is 9.97. The first-order valence-electron chi connectivity index (χ1n) is 7.24. The molecule has 2 rings (SSSR count). The molecule has 104 valence electrons. The van der Waals surface area contributed by atoms with Crippen molar-refractivity contribution in [2.24, 2.45) is 0 Å². The lowest BCUT2D eigenvalue weighted by Crippen LogP contribution is -2.53. The Morgan fingerprint density at radius 1 is 1.33 bits per heavy atom. The second kappa shape index (κ2) is 5.57. The Balaban J connectivity index is 1.87. The largest absolute Gasteiger partial charge is 0.388 e. The summed E-state index contributed by atoms with van der Waals surface area (Å²) in [6, 6.07) is 0.374. The number of amides is 1. The van der Waals surface area contributed by atoms with E-state index in [4.69, 9.17) is 0 Å². The van der Waals surface area contributed by atoms with E-state index in [1.165, 1.54) is 0 Å². The summed E-state index contributed by atoms with van der Waals surface area (Å²) >= 11 is 0. The van der Waals surface area contributed by atoms with Crippen molar-refractivity contribution in [1.82, 2.24) is 10.2 Å². The SMILES string of the molecule is CC1CCCC(C(=O)N(C)CC2(O)CCCC2)N1. The second-order valence-corrected chi connectivity index (χ2v) is 6.18. The van der Waals surface area contributed by atoms with Crippen LogP contribution in [-0.4, -0.2) is 47.2 Å². The monoisotopic (exact) mass is 254 g/mol. The summed E-state index contributed by atoms with van der Waals surface area (Å²) in [5.74, 6) is 0.141. The predicted octanol–water partition coefficient (Wildman–Crippen LogP) is 1.28. The molecule has 2 N–H and O–H groups in total. The molecule has 1 amide bonds. The molecule has 2 unspecified atom stereocenters. The molecule has 0 aromatic heterocycles. The van der Waals surface area contributed by atoms with Crippen LogP contribution in [0, 0.1) is 0 Å². The quantitative estimate of drug-likeness (QED) is 0.798. The number of piperidine rings is 1. The van der Waals surface area contributed by atoms with Gasteiger partial charge in [0, 0.05) is 19.6 Å². The third kappa shape index (κ3) is 3.23. The first-order valence-corrected chi connectivity index (χ1v) is 7.24. The van der Waals surface area contributed by atoms with Crippen LogP contribution in [0.25, 0.3) is 0 Å². The number of hydrogen-bond donors (Lipinski definition) is 2. The molecule has 1 aliphatic heterocycles. The van der Waals surface area contributed by atoms with Gasteiger partial charge in [-0.3, -0.25) is 4.79 Å². The molecule has 1 aliphatic carbocycles. The molecule has 2 atom stereocenters. The van der Waals surface area contributed by atoms with Crippen molar-refractivity contribution in [3.8, 4) is 0 Å². The summed E-state index contributed by atoms with van der Waals surface area (Å²) in [6.45, 7) is 2.61. The van der Waals surface area contributed by atoms with Crippen LogP contribution in [0.3, 0.4) is 0 Å². The Labute approximate surface area is 110 Å². The normalized spacial score (nSPS) is 31.3. The van der Waals surface area contributed by atoms with Crippen LogP contribution in [0.1, 0.15) is 51.9 Å². The number of nitrogens with one attached hydrogen (secondary N) is 1. The van der Waals surface area contributed by atoms with Crippen molar-refractivity contribution in [3.63, 3.8) is 0 Å². The summed E-state index contributed by atoms with van der Waals surface area (Å²) in [6.07, 6.45) is 7.01. The molecule has 1 saturated carbocycles. The van der Waals surface area contributed by atoms with Crippen molar-refractivity contribution in [3.05, 3.63) is 0 Å². The number of rotatable bonds is 3. The smallest absolute Gasteiger partial charge is 0.239 e. The lowest BCUT2D eigenvalue weighted by Gasteiger charge is -2.34. The minimum absolute atomic E-state index is 0.0521. The maximum Gasteiger partial charge on any atom is 0.239 e. The van der Waals surface area contributed by atoms with Gasteiger partial charge in [-0.1, -0.05) is 12.8 Å². The van der Waals surface area contributed by atoms with Gasteiger partial charge in [0.15, 0.2) is 0 Å². The van der Waals surface area contributed by atoms with Gasteiger partial charge >= 0.3 is 0 Å². The predicted molar refractivity (Wildman–Crippen MR) is 71.3 cm³/mol. The van der Waals surface area contributed by atoms with Crippen molar-refractivity contribution >= 4 is 5.91 Å². The maximum atomic E-state index is 12.3. The third-order valence-electron chi connectivity index (χ3n) is 4.36. The molecule has 1 saturated heterocycles. The molecule has 0 spiro atoms. The number of aliphatic hydroxyl groups is 1. The zero-order valence-corrected chi connectivity index (χ0v) is 11.6. The number of nitrogens with zero attached hydrogens (tertiary/aromatic N) is 1. The van der Waals surface area contributed by atoms with E-state index in [9.17, 15) is 9.90 Å². The van der Waals surface area contributed by atoms with E-state index in [0.717, 1.165) is 44.9 Å². The first-order chi connectivity index (χ1) is 8.50. The fourth-order valence-electron chi connectivity index (χ4n) is 3.31. The second-order valence-electron chi connectivity index (χ2n) is 6.18. The highest BCUT2D eigenvalue weighted by molar-refractivity contribution is 5.81. The molecular formula is C14H26N2O2. The van der Waals surface area contributed by atoms with Crippen molar-refractivity contribution < 1.29 is 9.90 Å². The Bertz CT molecular complexity index is 300. The van der Waals surface area contributed by atoms with E-state index >= 15 is 0 Å². The molecule has 2 aliphatic rings. The van der Waals surface area contributed by atoms with Gasteiger partial charge in [0.05, 0.1) is 11.6 Å². The molecule has 0 bridgehead atoms. The van der Waals surface area contributed by atoms with E-state index < -0.39 is 5.60 Å². The van der Waals surface area contributed by atoms with Crippen LogP contribution in [-0.2, 0) is 4.79 Å². The molecule has 4 heteroatoms. The highest BCUT2D eigenvalue weighted by Crippen LogP contribution is 2.30. The van der Waals surface area contributed by atoms with Gasteiger partial charge in [-0.15, -0.1) is 0 Å². The van der Waals surface area contributed by atoms with Crippen LogP contribution in [0.4, 0.5) is 0 Å². The van der Waals surface area contributed by atoms with Crippen molar-refractivity contribution in [2.75, 3.05) is 13.6 Å². The highest BCUT2D eigenvalue weighted by Gasteiger charge is 2.35. The lowest BCUT2D eigenvalue weighted by molar-refractivity contribution is -0.136. The topological polar surface area (TPSA) is 52.6 Å². The molecule has 2 fully saturated rings. The zero-order chi connectivity index (χ0) is 13.2. The van der Waals surface area contributed by atoms with E-state index in [1.54, 1.807) is 4.90 Å². The Hall–Kier alpha value is -0.610. The number of carbonyl (C=O) groups excluding carboxylic acids is 1. The summed E-state index contributed by atoms with van der Waals surface area (Å²) in [4.78, 5) is 14.0. The Morgan fingerprint density at radius 2 is 2.00 bits per heavy atom. The molecule has 0 radical (unpaired) electrons. The summed E-state index contributed by atoms with van der Waals surface area (Å²) in [5, 5.41) is 13.7. The van der Waals surface area contributed by atoms with Crippen molar-refractivity contribution in [2.45, 2.75) is 69.6 Å². The van der Waals surface area contributed by atoms with Crippen LogP contribution >= 0.6 is 0 Å². The van der Waals surface area contributed by atoms with Crippen molar-refractivity contribution in [1.29, 1.82) is 0 Å². The van der Waals surface area contributed by atoms with Gasteiger partial charge in [0.25, 0.3) is 0 Å². The van der Waals surface area contributed by atoms with E-state index in [0.29, 0.717) is 12.6 Å². The van der Waals surface area contributed by atoms with Crippen LogP contribution in [0.2, 0.25) is 0 Å². The molecule has 0 aromatic rings. The standard InChI is InChI=1S/C14H26N2O2/c1-11-6-5-7-12(15-11)13(17)16(2)10-14(18)8-3-4-9-14/h11-12,15,18H,3-10H2,1-2H3. The van der Waals surface area contributed by atoms with Gasteiger partial charge < -0.3 is 15.3 Å². The van der Waals surface area contributed by atoms with E-state index in [2.05, 4.69) is 12.2 Å². The van der Waals surface area contributed by atoms with E-state index in [1.807, 2.05) is 7.05 Å². The number of hydrogen-bond acceptors (Lipinski definition) is 3. The summed E-state index contributed by atoms with van der Waals surface area (Å²) in [5.41, 5.74) is -0.634. The van der Waals surface area contributed by atoms with Gasteiger partial charge in [0.2, 0.25) is 5.91 Å². The van der Waals surface area contributed by atoms with E-state index in [-0.39, 0.29) is 11.9 Å². The van der Waals surface area contributed by atoms with Gasteiger partial charge in [-0.25, -0.2) is 0 Å². The first kappa shape index (κ1) is 13.8. The molecular weight excluding hydrogens is 228 g/mol. The zero-order valence-electron chi connectivity index (χ0n) is 11.6. The minimum Gasteiger partial charge on any atom is -0.388 e. The summed E-state index contributed by atoms with van der Waals surface area (Å²) in [7, 11) is 1.82. The number of carbonyl (C=O) groups is 1. The molecule has 18 heavy (non-hydrogen) atoms. The Morgan fingerprint density at radius 3 is 2.61 bits per heavy atom. The molecule has 0 aromatic carbocycles. The van der Waals surface area contributed by atoms with Gasteiger partial charge in [-0.05, 0) is 39.0 Å². The number of likely N-dealkylation sites (N-methyl/N-ethyl adjacent to an activating group) is 1. The van der Waals surface area contributed by atoms with Crippen LogP contribution in [0.15, 0.2) is 0 Å². The van der Waals surface area contributed by atoms with Gasteiger partial charge in [0.1, 0.15) is 0 Å². The molecule has 1 heterocycles. The average molecular weight is 254 g/mol. The minimum atomic E-state index is -0.634. The Kier molecular flexibility index (Phi) is 4.28. The van der Waals surface area contributed by atoms with Crippen LogP contribution < -0.4 is 5.32 Å². The van der Waals surface area contributed by atoms with Crippen LogP contribution in [0.5, 0.6) is 0 Å². The van der Waals surface area contributed by atoms with Gasteiger partial charge in [-0.2, -0.15) is 0 Å². The highest BCUT2D eigenvalue weighted by atomic mass is 16.3. The average Bonchev–Trinajstić information content (AvgIpc) is 2.74. The fourth-order valence-corrected chi connectivity index (χ4v) is 3.31. The maximum absolute atomic E-state index is 12.3. The summed E-state index contributed by atoms with van der Waals surface area (Å²) < 4.78 is 0. The third-order valence-corrected chi connectivity index (χ3v) is 4.36. The fraction of sp³-hybridized carbons (Fsp3) is 0.929. The molecule has 4 nitrogen and oxygen atoms in total.